The van der Waals surface area contributed by atoms with Gasteiger partial charge in [-0.2, -0.15) is 0 Å². The first-order valence-corrected chi connectivity index (χ1v) is 9.53. The molecule has 3 aromatic carbocycles. The van der Waals surface area contributed by atoms with Crippen LogP contribution in [0.25, 0.3) is 0 Å². The molecule has 2 nitrogen and oxygen atoms in total. The molecule has 134 valence electrons. The van der Waals surface area contributed by atoms with Gasteiger partial charge in [-0.1, -0.05) is 73.7 Å². The third-order valence-corrected chi connectivity index (χ3v) is 6.36. The van der Waals surface area contributed by atoms with E-state index in [1.807, 2.05) is 0 Å². The van der Waals surface area contributed by atoms with Crippen molar-refractivity contribution in [3.8, 4) is 0 Å². The van der Waals surface area contributed by atoms with Crippen LogP contribution in [0.5, 0.6) is 0 Å². The van der Waals surface area contributed by atoms with E-state index >= 15 is 0 Å². The van der Waals surface area contributed by atoms with Crippen LogP contribution in [0.3, 0.4) is 0 Å². The molecule has 0 aromatic heterocycles. The normalized spacial score (nSPS) is 24.4. The van der Waals surface area contributed by atoms with Gasteiger partial charge in [-0.25, -0.2) is 0 Å². The lowest BCUT2D eigenvalue weighted by atomic mass is 9.67. The van der Waals surface area contributed by atoms with E-state index in [1.54, 1.807) is 0 Å². The van der Waals surface area contributed by atoms with Gasteiger partial charge in [-0.05, 0) is 34.7 Å². The average Bonchev–Trinajstić information content (AvgIpc) is 2.81. The molecule has 0 heterocycles. The summed E-state index contributed by atoms with van der Waals surface area (Å²) in [5.74, 6) is -0.0599. The molecule has 2 bridgehead atoms. The molecule has 0 N–H and O–H groups in total. The maximum absolute atomic E-state index is 12.3. The minimum atomic E-state index is -0.799. The molecule has 0 unspecified atom stereocenters. The SMILES string of the molecule is CC(=O)OC12c3ccccc3C(c3ccccc31)c1cccc(C)c1[C@H]2C. The number of carbonyl (C=O) groups is 1. The highest BCUT2D eigenvalue weighted by Crippen LogP contribution is 2.60. The molecule has 1 atom stereocenters. The van der Waals surface area contributed by atoms with Crippen LogP contribution < -0.4 is 0 Å². The summed E-state index contributed by atoms with van der Waals surface area (Å²) in [6.45, 7) is 5.88. The number of ether oxygens (including phenoxy) is 1. The summed E-state index contributed by atoms with van der Waals surface area (Å²) in [7, 11) is 0. The fraction of sp³-hybridized carbons (Fsp3) is 0.240. The molecule has 0 fully saturated rings. The van der Waals surface area contributed by atoms with Gasteiger partial charge >= 0.3 is 5.97 Å². The second-order valence-electron chi connectivity index (χ2n) is 7.74. The van der Waals surface area contributed by atoms with E-state index in [2.05, 4.69) is 80.6 Å². The fourth-order valence-electron chi connectivity index (χ4n) is 5.46. The quantitative estimate of drug-likeness (QED) is 0.546. The Bertz CT molecular complexity index is 1030. The van der Waals surface area contributed by atoms with Gasteiger partial charge in [0.2, 0.25) is 0 Å². The number of carbonyl (C=O) groups excluding carboxylic acids is 1. The Morgan fingerprint density at radius 1 is 0.852 bits per heavy atom. The average molecular weight is 354 g/mol. The number of hydrogen-bond acceptors (Lipinski definition) is 2. The Hall–Kier alpha value is -2.87. The maximum Gasteiger partial charge on any atom is 0.303 e. The lowest BCUT2D eigenvalue weighted by molar-refractivity contribution is -0.156. The molecule has 6 rings (SSSR count). The van der Waals surface area contributed by atoms with Gasteiger partial charge in [0.1, 0.15) is 0 Å². The minimum Gasteiger partial charge on any atom is -0.449 e. The molecular formula is C25H22O2. The lowest BCUT2D eigenvalue weighted by Crippen LogP contribution is -2.41. The van der Waals surface area contributed by atoms with Crippen molar-refractivity contribution < 1.29 is 9.53 Å². The number of hydrogen-bond donors (Lipinski definition) is 0. The summed E-state index contributed by atoms with van der Waals surface area (Å²) in [5.41, 5.74) is 7.81. The third kappa shape index (κ3) is 1.98. The minimum absolute atomic E-state index is 0.0207. The zero-order chi connectivity index (χ0) is 18.8. The van der Waals surface area contributed by atoms with Gasteiger partial charge in [0.05, 0.1) is 0 Å². The second kappa shape index (κ2) is 5.56. The van der Waals surface area contributed by atoms with Gasteiger partial charge in [0.25, 0.3) is 0 Å². The lowest BCUT2D eigenvalue weighted by Gasteiger charge is -2.43. The fourth-order valence-corrected chi connectivity index (χ4v) is 5.46. The molecule has 3 aromatic rings. The molecular weight excluding hydrogens is 332 g/mol. The van der Waals surface area contributed by atoms with E-state index in [1.165, 1.54) is 34.7 Å². The highest BCUT2D eigenvalue weighted by molar-refractivity contribution is 5.72. The molecule has 0 saturated heterocycles. The number of benzene rings is 3. The first-order valence-electron chi connectivity index (χ1n) is 9.53. The van der Waals surface area contributed by atoms with Crippen molar-refractivity contribution in [1.29, 1.82) is 0 Å². The topological polar surface area (TPSA) is 26.3 Å². The molecule has 3 aliphatic rings. The summed E-state index contributed by atoms with van der Waals surface area (Å²) >= 11 is 0. The van der Waals surface area contributed by atoms with Crippen LogP contribution in [-0.2, 0) is 15.1 Å². The maximum atomic E-state index is 12.3. The van der Waals surface area contributed by atoms with E-state index < -0.39 is 5.60 Å². The predicted octanol–water partition coefficient (Wildman–Crippen LogP) is 5.41. The first-order chi connectivity index (χ1) is 13.1. The van der Waals surface area contributed by atoms with E-state index in [-0.39, 0.29) is 17.8 Å². The van der Waals surface area contributed by atoms with Crippen LogP contribution in [-0.4, -0.2) is 5.97 Å². The second-order valence-corrected chi connectivity index (χ2v) is 7.74. The van der Waals surface area contributed by atoms with Gasteiger partial charge in [0.15, 0.2) is 5.60 Å². The van der Waals surface area contributed by atoms with E-state index in [0.29, 0.717) is 0 Å². The molecule has 0 saturated carbocycles. The van der Waals surface area contributed by atoms with Gasteiger partial charge in [0, 0.05) is 29.9 Å². The third-order valence-electron chi connectivity index (χ3n) is 6.36. The Morgan fingerprint density at radius 2 is 1.41 bits per heavy atom. The molecule has 0 radical (unpaired) electrons. The zero-order valence-electron chi connectivity index (χ0n) is 15.8. The van der Waals surface area contributed by atoms with E-state index in [4.69, 9.17) is 4.74 Å². The number of esters is 1. The summed E-state index contributed by atoms with van der Waals surface area (Å²) in [4.78, 5) is 12.3. The summed E-state index contributed by atoms with van der Waals surface area (Å²) in [5, 5.41) is 0. The highest BCUT2D eigenvalue weighted by Gasteiger charge is 2.54. The van der Waals surface area contributed by atoms with Crippen LogP contribution in [0.4, 0.5) is 0 Å². The van der Waals surface area contributed by atoms with Gasteiger partial charge < -0.3 is 4.74 Å². The van der Waals surface area contributed by atoms with Crippen LogP contribution in [0.1, 0.15) is 64.6 Å². The number of rotatable bonds is 1. The van der Waals surface area contributed by atoms with Gasteiger partial charge in [-0.15, -0.1) is 0 Å². The van der Waals surface area contributed by atoms with Crippen LogP contribution in [0.2, 0.25) is 0 Å². The predicted molar refractivity (Wildman–Crippen MR) is 106 cm³/mol. The van der Waals surface area contributed by atoms with Crippen molar-refractivity contribution in [2.75, 3.05) is 0 Å². The van der Waals surface area contributed by atoms with Crippen LogP contribution >= 0.6 is 0 Å². The highest BCUT2D eigenvalue weighted by atomic mass is 16.6. The summed E-state index contributed by atoms with van der Waals surface area (Å²) < 4.78 is 6.28. The van der Waals surface area contributed by atoms with Crippen molar-refractivity contribution in [2.45, 2.75) is 38.2 Å². The largest absolute Gasteiger partial charge is 0.449 e. The van der Waals surface area contributed by atoms with Crippen molar-refractivity contribution in [3.05, 3.63) is 106 Å². The van der Waals surface area contributed by atoms with E-state index in [9.17, 15) is 4.79 Å². The molecule has 0 aliphatic heterocycles. The smallest absolute Gasteiger partial charge is 0.303 e. The molecule has 3 aliphatic carbocycles. The van der Waals surface area contributed by atoms with Crippen molar-refractivity contribution >= 4 is 5.97 Å². The van der Waals surface area contributed by atoms with Crippen molar-refractivity contribution in [2.24, 2.45) is 0 Å². The molecule has 0 amide bonds. The van der Waals surface area contributed by atoms with Crippen LogP contribution in [0.15, 0.2) is 66.7 Å². The Balaban J connectivity index is 2.00. The van der Waals surface area contributed by atoms with Crippen molar-refractivity contribution in [1.82, 2.24) is 0 Å². The Labute approximate surface area is 159 Å². The first kappa shape index (κ1) is 16.3. The molecule has 0 spiro atoms. The van der Waals surface area contributed by atoms with Crippen molar-refractivity contribution in [3.63, 3.8) is 0 Å². The monoisotopic (exact) mass is 354 g/mol. The molecule has 27 heavy (non-hydrogen) atoms. The molecule has 2 heteroatoms. The van der Waals surface area contributed by atoms with Gasteiger partial charge in [-0.3, -0.25) is 4.79 Å². The van der Waals surface area contributed by atoms with Crippen LogP contribution in [0, 0.1) is 6.92 Å². The summed E-state index contributed by atoms with van der Waals surface area (Å²) in [6, 6.07) is 23.5. The zero-order valence-corrected chi connectivity index (χ0v) is 15.8. The standard InChI is InChI=1S/C25H22O2/c1-15-9-8-12-20-23(15)16(2)25(27-17(3)26)21-13-6-4-10-18(21)24(20)19-11-5-7-14-22(19)25/h4-14,16,24H,1-3H3/t16-,24?,25?/m1/s1. The Morgan fingerprint density at radius 3 is 2.00 bits per heavy atom. The number of aryl methyl sites for hydroxylation is 1. The summed E-state index contributed by atoms with van der Waals surface area (Å²) in [6.07, 6.45) is 0. The Kier molecular flexibility index (Phi) is 3.36. The van der Waals surface area contributed by atoms with E-state index in [0.717, 1.165) is 11.1 Å².